The monoisotopic (exact) mass is 317 g/mol. The predicted molar refractivity (Wildman–Crippen MR) is 86.8 cm³/mol. The largest absolute Gasteiger partial charge is 0.377 e. The van der Waals surface area contributed by atoms with Gasteiger partial charge < -0.3 is 10.1 Å². The van der Waals surface area contributed by atoms with Gasteiger partial charge in [-0.25, -0.2) is 0 Å². The summed E-state index contributed by atoms with van der Waals surface area (Å²) in [6.45, 7) is 3.56. The molecule has 2 heterocycles. The molecule has 2 saturated carbocycles. The SMILES string of the molecule is Cc1ccnn1CCC(=O)N[C@H]1[C@@H]2CCO[C@@H]2[C@@H]1C1CCCC1. The maximum Gasteiger partial charge on any atom is 0.222 e. The molecule has 23 heavy (non-hydrogen) atoms. The maximum absolute atomic E-state index is 12.4. The normalized spacial score (nSPS) is 33.4. The van der Waals surface area contributed by atoms with Gasteiger partial charge in [0.15, 0.2) is 0 Å². The molecule has 3 fully saturated rings. The zero-order valence-corrected chi connectivity index (χ0v) is 13.9. The van der Waals surface area contributed by atoms with Crippen LogP contribution in [0.3, 0.4) is 0 Å². The molecule has 4 atom stereocenters. The van der Waals surface area contributed by atoms with Crippen LogP contribution in [0.15, 0.2) is 12.3 Å². The van der Waals surface area contributed by atoms with E-state index in [0.29, 0.717) is 36.9 Å². The Morgan fingerprint density at radius 2 is 2.22 bits per heavy atom. The molecule has 0 radical (unpaired) electrons. The molecule has 1 aromatic rings. The van der Waals surface area contributed by atoms with Gasteiger partial charge in [0.1, 0.15) is 0 Å². The topological polar surface area (TPSA) is 56.2 Å². The number of ether oxygens (including phenoxy) is 1. The molecule has 0 aromatic carbocycles. The number of carbonyl (C=O) groups is 1. The molecule has 1 amide bonds. The van der Waals surface area contributed by atoms with E-state index < -0.39 is 0 Å². The van der Waals surface area contributed by atoms with Crippen molar-refractivity contribution in [2.24, 2.45) is 17.8 Å². The lowest BCUT2D eigenvalue weighted by atomic mass is 9.61. The number of nitrogens with one attached hydrogen (secondary N) is 1. The number of hydrogen-bond acceptors (Lipinski definition) is 3. The fourth-order valence-corrected chi connectivity index (χ4v) is 4.96. The van der Waals surface area contributed by atoms with Gasteiger partial charge in [-0.05, 0) is 25.3 Å². The zero-order valence-electron chi connectivity index (χ0n) is 13.9. The Bertz CT molecular complexity index is 560. The molecule has 1 N–H and O–H groups in total. The molecule has 0 unspecified atom stereocenters. The maximum atomic E-state index is 12.4. The Labute approximate surface area is 137 Å². The molecule has 0 bridgehead atoms. The van der Waals surface area contributed by atoms with Gasteiger partial charge in [-0.3, -0.25) is 9.48 Å². The van der Waals surface area contributed by atoms with E-state index in [-0.39, 0.29) is 5.91 Å². The molecule has 5 heteroatoms. The summed E-state index contributed by atoms with van der Waals surface area (Å²) in [7, 11) is 0. The van der Waals surface area contributed by atoms with E-state index in [2.05, 4.69) is 10.4 Å². The van der Waals surface area contributed by atoms with Crippen molar-refractivity contribution in [3.63, 3.8) is 0 Å². The second-order valence-corrected chi connectivity index (χ2v) is 7.45. The summed E-state index contributed by atoms with van der Waals surface area (Å²) >= 11 is 0. The molecular formula is C18H27N3O2. The van der Waals surface area contributed by atoms with Gasteiger partial charge in [-0.2, -0.15) is 5.10 Å². The van der Waals surface area contributed by atoms with Crippen LogP contribution in [-0.2, 0) is 16.1 Å². The summed E-state index contributed by atoms with van der Waals surface area (Å²) in [6, 6.07) is 2.32. The van der Waals surface area contributed by atoms with Gasteiger partial charge in [0.05, 0.1) is 6.10 Å². The van der Waals surface area contributed by atoms with Crippen molar-refractivity contribution < 1.29 is 9.53 Å². The third kappa shape index (κ3) is 2.80. The van der Waals surface area contributed by atoms with E-state index >= 15 is 0 Å². The zero-order chi connectivity index (χ0) is 15.8. The summed E-state index contributed by atoms with van der Waals surface area (Å²) in [5.74, 6) is 2.03. The van der Waals surface area contributed by atoms with Crippen LogP contribution in [0.25, 0.3) is 0 Å². The highest BCUT2D eigenvalue weighted by Crippen LogP contribution is 2.51. The lowest BCUT2D eigenvalue weighted by molar-refractivity contribution is -0.130. The average Bonchev–Trinajstić information content (AvgIpc) is 3.25. The summed E-state index contributed by atoms with van der Waals surface area (Å²) in [5, 5.41) is 7.59. The van der Waals surface area contributed by atoms with Crippen molar-refractivity contribution in [1.29, 1.82) is 0 Å². The van der Waals surface area contributed by atoms with Crippen LogP contribution in [0.5, 0.6) is 0 Å². The summed E-state index contributed by atoms with van der Waals surface area (Å²) in [5.41, 5.74) is 1.11. The lowest BCUT2D eigenvalue weighted by Gasteiger charge is -2.50. The minimum Gasteiger partial charge on any atom is -0.377 e. The van der Waals surface area contributed by atoms with Crippen LogP contribution in [0, 0.1) is 24.7 Å². The van der Waals surface area contributed by atoms with Crippen LogP contribution >= 0.6 is 0 Å². The minimum atomic E-state index is 0.165. The Kier molecular flexibility index (Phi) is 4.14. The van der Waals surface area contributed by atoms with Crippen molar-refractivity contribution >= 4 is 5.91 Å². The molecular weight excluding hydrogens is 290 g/mol. The molecule has 3 aliphatic rings. The summed E-state index contributed by atoms with van der Waals surface area (Å²) in [6.07, 6.45) is 9.14. The van der Waals surface area contributed by atoms with Crippen molar-refractivity contribution in [3.8, 4) is 0 Å². The molecule has 1 saturated heterocycles. The van der Waals surface area contributed by atoms with Gasteiger partial charge in [0, 0.05) is 49.3 Å². The molecule has 1 aromatic heterocycles. The summed E-state index contributed by atoms with van der Waals surface area (Å²) in [4.78, 5) is 12.4. The van der Waals surface area contributed by atoms with E-state index in [4.69, 9.17) is 4.74 Å². The van der Waals surface area contributed by atoms with Gasteiger partial charge in [0.25, 0.3) is 0 Å². The number of fused-ring (bicyclic) bond motifs is 1. The second-order valence-electron chi connectivity index (χ2n) is 7.45. The molecule has 0 spiro atoms. The Morgan fingerprint density at radius 1 is 1.39 bits per heavy atom. The van der Waals surface area contributed by atoms with E-state index in [1.54, 1.807) is 6.20 Å². The van der Waals surface area contributed by atoms with Crippen molar-refractivity contribution in [2.75, 3.05) is 6.61 Å². The smallest absolute Gasteiger partial charge is 0.222 e. The van der Waals surface area contributed by atoms with Gasteiger partial charge in [0.2, 0.25) is 5.91 Å². The molecule has 126 valence electrons. The van der Waals surface area contributed by atoms with E-state index in [0.717, 1.165) is 24.6 Å². The van der Waals surface area contributed by atoms with Crippen LogP contribution in [0.1, 0.15) is 44.2 Å². The third-order valence-corrected chi connectivity index (χ3v) is 6.19. The van der Waals surface area contributed by atoms with Crippen LogP contribution in [0.4, 0.5) is 0 Å². The minimum absolute atomic E-state index is 0.165. The number of nitrogens with zero attached hydrogens (tertiary/aromatic N) is 2. The first kappa shape index (κ1) is 15.2. The predicted octanol–water partition coefficient (Wildman–Crippen LogP) is 2.29. The van der Waals surface area contributed by atoms with Gasteiger partial charge >= 0.3 is 0 Å². The molecule has 4 rings (SSSR count). The number of amides is 1. The number of hydrogen-bond donors (Lipinski definition) is 1. The van der Waals surface area contributed by atoms with Crippen molar-refractivity contribution in [3.05, 3.63) is 18.0 Å². The first-order chi connectivity index (χ1) is 11.2. The Hall–Kier alpha value is -1.36. The number of carbonyl (C=O) groups excluding carboxylic acids is 1. The first-order valence-electron chi connectivity index (χ1n) is 9.13. The molecule has 2 aliphatic carbocycles. The Balaban J connectivity index is 1.34. The van der Waals surface area contributed by atoms with Crippen LogP contribution in [-0.4, -0.2) is 34.4 Å². The fourth-order valence-electron chi connectivity index (χ4n) is 4.96. The fraction of sp³-hybridized carbons (Fsp3) is 0.778. The van der Waals surface area contributed by atoms with Crippen LogP contribution in [0.2, 0.25) is 0 Å². The number of aryl methyl sites for hydroxylation is 2. The Morgan fingerprint density at radius 3 is 2.96 bits per heavy atom. The molecule has 1 aliphatic heterocycles. The van der Waals surface area contributed by atoms with Crippen molar-refractivity contribution in [1.82, 2.24) is 15.1 Å². The number of rotatable bonds is 5. The van der Waals surface area contributed by atoms with Gasteiger partial charge in [-0.1, -0.05) is 25.7 Å². The quantitative estimate of drug-likeness (QED) is 0.906. The summed E-state index contributed by atoms with van der Waals surface area (Å²) < 4.78 is 7.86. The van der Waals surface area contributed by atoms with E-state index in [1.165, 1.54) is 25.7 Å². The van der Waals surface area contributed by atoms with E-state index in [9.17, 15) is 4.79 Å². The standard InChI is InChI=1S/C18H27N3O2/c1-12-6-9-19-21(12)10-7-15(22)20-17-14-8-11-23-18(14)16(17)13-4-2-3-5-13/h6,9,13-14,16-18H,2-5,7-8,10-11H2,1H3,(H,20,22)/t14-,16+,17-,18-/m0/s1. The first-order valence-corrected chi connectivity index (χ1v) is 9.13. The average molecular weight is 317 g/mol. The highest BCUT2D eigenvalue weighted by molar-refractivity contribution is 5.76. The van der Waals surface area contributed by atoms with Gasteiger partial charge in [-0.15, -0.1) is 0 Å². The van der Waals surface area contributed by atoms with E-state index in [1.807, 2.05) is 17.7 Å². The lowest BCUT2D eigenvalue weighted by Crippen LogP contribution is -2.63. The molecule has 5 nitrogen and oxygen atoms in total. The highest BCUT2D eigenvalue weighted by Gasteiger charge is 2.56. The highest BCUT2D eigenvalue weighted by atomic mass is 16.5. The van der Waals surface area contributed by atoms with Crippen molar-refractivity contribution in [2.45, 2.75) is 64.1 Å². The second kappa shape index (κ2) is 6.27. The van der Waals surface area contributed by atoms with Crippen LogP contribution < -0.4 is 5.32 Å². The third-order valence-electron chi connectivity index (χ3n) is 6.19. The number of aromatic nitrogens is 2.